The summed E-state index contributed by atoms with van der Waals surface area (Å²) in [5.74, 6) is 2.06. The second-order valence-electron chi connectivity index (χ2n) is 6.88. The molecule has 0 saturated carbocycles. The first-order chi connectivity index (χ1) is 13.0. The lowest BCUT2D eigenvalue weighted by Gasteiger charge is -2.25. The number of fused-ring (bicyclic) bond motifs is 1. The van der Waals surface area contributed by atoms with Crippen LogP contribution in [0.25, 0.3) is 11.3 Å². The van der Waals surface area contributed by atoms with Gasteiger partial charge in [-0.1, -0.05) is 36.2 Å². The molecule has 0 aliphatic heterocycles. The lowest BCUT2D eigenvalue weighted by molar-refractivity contribution is 0.170. The van der Waals surface area contributed by atoms with Crippen molar-refractivity contribution in [3.05, 3.63) is 57.2 Å². The van der Waals surface area contributed by atoms with E-state index in [4.69, 9.17) is 27.9 Å². The summed E-state index contributed by atoms with van der Waals surface area (Å²) in [5.41, 5.74) is 3.98. The lowest BCUT2D eigenvalue weighted by atomic mass is 9.85. The predicted molar refractivity (Wildman–Crippen MR) is 104 cm³/mol. The highest BCUT2D eigenvalue weighted by atomic mass is 35.5. The molecule has 1 atom stereocenters. The van der Waals surface area contributed by atoms with Gasteiger partial charge in [-0.15, -0.1) is 10.2 Å². The van der Waals surface area contributed by atoms with E-state index in [-0.39, 0.29) is 15.8 Å². The number of benzene rings is 1. The van der Waals surface area contributed by atoms with Gasteiger partial charge in [0.1, 0.15) is 18.1 Å². The van der Waals surface area contributed by atoms with Gasteiger partial charge in [0.15, 0.2) is 11.6 Å². The van der Waals surface area contributed by atoms with E-state index >= 15 is 0 Å². The van der Waals surface area contributed by atoms with Gasteiger partial charge >= 0.3 is 0 Å². The quantitative estimate of drug-likeness (QED) is 0.732. The smallest absolute Gasteiger partial charge is 0.188 e. The monoisotopic (exact) mass is 403 g/mol. The molecule has 1 aromatic heterocycles. The molecular weight excluding hydrogens is 385 g/mol. The van der Waals surface area contributed by atoms with Crippen LogP contribution in [-0.4, -0.2) is 20.3 Å². The molecule has 5 nitrogen and oxygen atoms in total. The summed E-state index contributed by atoms with van der Waals surface area (Å²) >= 11 is 11.9. The first kappa shape index (κ1) is 18.3. The van der Waals surface area contributed by atoms with E-state index in [2.05, 4.69) is 28.2 Å². The van der Waals surface area contributed by atoms with E-state index in [1.807, 2.05) is 0 Å². The van der Waals surface area contributed by atoms with Crippen molar-refractivity contribution >= 4 is 23.2 Å². The van der Waals surface area contributed by atoms with E-state index in [0.717, 1.165) is 31.4 Å². The Morgan fingerprint density at radius 2 is 1.96 bits per heavy atom. The van der Waals surface area contributed by atoms with Gasteiger partial charge in [0.2, 0.25) is 0 Å². The van der Waals surface area contributed by atoms with Crippen molar-refractivity contribution in [3.8, 4) is 17.0 Å². The summed E-state index contributed by atoms with van der Waals surface area (Å²) in [6.45, 7) is 2.58. The van der Waals surface area contributed by atoms with Crippen molar-refractivity contribution < 1.29 is 9.84 Å². The average molecular weight is 404 g/mol. The number of halogens is 2. The van der Waals surface area contributed by atoms with Gasteiger partial charge in [-0.05, 0) is 48.5 Å². The minimum absolute atomic E-state index is 0.148. The maximum absolute atomic E-state index is 9.66. The van der Waals surface area contributed by atoms with Crippen molar-refractivity contribution in [2.24, 2.45) is 5.92 Å². The second-order valence-corrected chi connectivity index (χ2v) is 7.69. The molecule has 0 saturated heterocycles. The normalized spacial score (nSPS) is 19.1. The highest BCUT2D eigenvalue weighted by Gasteiger charge is 2.26. The fourth-order valence-corrected chi connectivity index (χ4v) is 4.10. The van der Waals surface area contributed by atoms with Gasteiger partial charge in [0.05, 0.1) is 16.2 Å². The van der Waals surface area contributed by atoms with Gasteiger partial charge in [0.25, 0.3) is 0 Å². The van der Waals surface area contributed by atoms with Crippen molar-refractivity contribution in [2.75, 3.05) is 0 Å². The Hall–Kier alpha value is -2.11. The number of hydrogen-bond acceptors (Lipinski definition) is 5. The van der Waals surface area contributed by atoms with Crippen LogP contribution in [0.2, 0.25) is 10.0 Å². The Bertz CT molecular complexity index is 916. The van der Waals surface area contributed by atoms with E-state index in [0.29, 0.717) is 29.6 Å². The van der Waals surface area contributed by atoms with E-state index in [1.54, 1.807) is 18.3 Å². The third kappa shape index (κ3) is 3.66. The number of phenols is 1. The summed E-state index contributed by atoms with van der Waals surface area (Å²) in [4.78, 5) is 4.34. The van der Waals surface area contributed by atoms with Gasteiger partial charge in [-0.3, -0.25) is 0 Å². The molecule has 1 N–H and O–H groups in total. The number of phenolic OH excluding ortho intramolecular Hbond substituents is 1. The standard InChI is InChI=1S/C20H19Cl2N3O2/c1-11-5-6-18(14-4-2-3-13(11)14)27-10-19-23-9-17(24-25-19)12-7-15(21)20(26)16(22)8-12/h3,7-9,11,26H,2,4-6,10H2,1H3. The third-order valence-corrected chi connectivity index (χ3v) is 5.65. The molecule has 4 rings (SSSR count). The molecule has 1 unspecified atom stereocenters. The van der Waals surface area contributed by atoms with Crippen molar-refractivity contribution in [1.82, 2.24) is 15.2 Å². The molecule has 27 heavy (non-hydrogen) atoms. The summed E-state index contributed by atoms with van der Waals surface area (Å²) in [6.07, 6.45) is 8.19. The van der Waals surface area contributed by atoms with Gasteiger partial charge in [0, 0.05) is 12.0 Å². The number of nitrogens with zero attached hydrogens (tertiary/aromatic N) is 3. The maximum Gasteiger partial charge on any atom is 0.188 e. The Morgan fingerprint density at radius 3 is 2.67 bits per heavy atom. The van der Waals surface area contributed by atoms with Crippen molar-refractivity contribution in [2.45, 2.75) is 39.2 Å². The molecule has 0 spiro atoms. The second kappa shape index (κ2) is 7.49. The molecule has 7 heteroatoms. The van der Waals surface area contributed by atoms with E-state index < -0.39 is 0 Å². The number of hydrogen-bond donors (Lipinski definition) is 1. The minimum atomic E-state index is -0.148. The minimum Gasteiger partial charge on any atom is -0.505 e. The zero-order valence-electron chi connectivity index (χ0n) is 14.9. The summed E-state index contributed by atoms with van der Waals surface area (Å²) in [5, 5.41) is 18.3. The van der Waals surface area contributed by atoms with Crippen LogP contribution in [0.1, 0.15) is 38.4 Å². The first-order valence-corrected chi connectivity index (χ1v) is 9.70. The van der Waals surface area contributed by atoms with E-state index in [9.17, 15) is 5.11 Å². The Labute approximate surface area is 167 Å². The Balaban J connectivity index is 1.48. The molecule has 2 aliphatic rings. The average Bonchev–Trinajstić information content (AvgIpc) is 3.17. The SMILES string of the molecule is CC1CCC(OCc2ncc(-c3cc(Cl)c(O)c(Cl)c3)nn2)=C2CCC=C21. The highest BCUT2D eigenvalue weighted by molar-refractivity contribution is 6.37. The van der Waals surface area contributed by atoms with E-state index in [1.165, 1.54) is 11.1 Å². The van der Waals surface area contributed by atoms with Crippen LogP contribution in [0.3, 0.4) is 0 Å². The summed E-state index contributed by atoms with van der Waals surface area (Å²) in [6, 6.07) is 3.16. The number of rotatable bonds is 4. The Kier molecular flexibility index (Phi) is 5.06. The molecule has 2 aliphatic carbocycles. The molecular formula is C20H19Cl2N3O2. The highest BCUT2D eigenvalue weighted by Crippen LogP contribution is 2.41. The molecule has 140 valence electrons. The largest absolute Gasteiger partial charge is 0.505 e. The number of aromatic nitrogens is 3. The third-order valence-electron chi connectivity index (χ3n) is 5.08. The zero-order valence-corrected chi connectivity index (χ0v) is 16.4. The molecule has 1 aromatic carbocycles. The van der Waals surface area contributed by atoms with Gasteiger partial charge < -0.3 is 9.84 Å². The molecule has 0 radical (unpaired) electrons. The zero-order chi connectivity index (χ0) is 19.0. The topological polar surface area (TPSA) is 68.1 Å². The predicted octanol–water partition coefficient (Wildman–Crippen LogP) is 5.47. The van der Waals surface area contributed by atoms with Crippen LogP contribution in [0.5, 0.6) is 5.75 Å². The van der Waals surface area contributed by atoms with Crippen molar-refractivity contribution in [1.29, 1.82) is 0 Å². The van der Waals surface area contributed by atoms with Crippen LogP contribution in [-0.2, 0) is 11.3 Å². The molecule has 0 bridgehead atoms. The van der Waals surface area contributed by atoms with Crippen molar-refractivity contribution in [3.63, 3.8) is 0 Å². The number of aromatic hydroxyl groups is 1. The van der Waals surface area contributed by atoms with Gasteiger partial charge in [-0.2, -0.15) is 0 Å². The van der Waals surface area contributed by atoms with Crippen LogP contribution in [0.4, 0.5) is 0 Å². The number of ether oxygens (including phenoxy) is 1. The first-order valence-electron chi connectivity index (χ1n) is 8.95. The van der Waals surface area contributed by atoms with Crippen LogP contribution < -0.4 is 0 Å². The van der Waals surface area contributed by atoms with Gasteiger partial charge in [-0.25, -0.2) is 4.98 Å². The van der Waals surface area contributed by atoms with Crippen LogP contribution in [0.15, 0.2) is 41.3 Å². The summed E-state index contributed by atoms with van der Waals surface area (Å²) < 4.78 is 6.03. The lowest BCUT2D eigenvalue weighted by Crippen LogP contribution is -2.12. The fraction of sp³-hybridized carbons (Fsp3) is 0.350. The fourth-order valence-electron chi connectivity index (χ4n) is 3.61. The summed E-state index contributed by atoms with van der Waals surface area (Å²) in [7, 11) is 0. The molecule has 0 fully saturated rings. The van der Waals surface area contributed by atoms with Crippen LogP contribution in [0, 0.1) is 5.92 Å². The Morgan fingerprint density at radius 1 is 1.19 bits per heavy atom. The maximum atomic E-state index is 9.66. The molecule has 0 amide bonds. The molecule has 2 aromatic rings. The number of allylic oxidation sites excluding steroid dienone is 4. The molecule has 1 heterocycles. The van der Waals surface area contributed by atoms with Crippen LogP contribution >= 0.6 is 23.2 Å².